The van der Waals surface area contributed by atoms with Crippen molar-refractivity contribution in [2.45, 2.75) is 23.6 Å². The lowest BCUT2D eigenvalue weighted by atomic mass is 9.94. The molecule has 0 amide bonds. The highest BCUT2D eigenvalue weighted by Gasteiger charge is 2.26. The summed E-state index contributed by atoms with van der Waals surface area (Å²) in [4.78, 5) is 0.587. The summed E-state index contributed by atoms with van der Waals surface area (Å²) >= 11 is 0. The predicted octanol–water partition coefficient (Wildman–Crippen LogP) is 10.2. The highest BCUT2D eigenvalue weighted by molar-refractivity contribution is 7.91. The van der Waals surface area contributed by atoms with Crippen LogP contribution >= 0.6 is 0 Å². The lowest BCUT2D eigenvalue weighted by Gasteiger charge is -2.18. The van der Waals surface area contributed by atoms with Gasteiger partial charge in [0.2, 0.25) is 9.84 Å². The van der Waals surface area contributed by atoms with Gasteiger partial charge in [0.25, 0.3) is 0 Å². The maximum absolute atomic E-state index is 14.7. The first-order chi connectivity index (χ1) is 20.0. The minimum absolute atomic E-state index is 0.293. The number of hydrogen-bond acceptors (Lipinski definition) is 2. The molecule has 3 heteroatoms. The van der Waals surface area contributed by atoms with E-state index in [0.717, 1.165) is 43.8 Å². The van der Waals surface area contributed by atoms with Crippen molar-refractivity contribution in [2.75, 3.05) is 0 Å². The Balaban J connectivity index is 1.61. The van der Waals surface area contributed by atoms with E-state index in [1.165, 1.54) is 0 Å². The van der Waals surface area contributed by atoms with Crippen molar-refractivity contribution in [3.63, 3.8) is 0 Å². The Hall–Kier alpha value is -4.73. The molecule has 0 aliphatic rings. The first-order valence-corrected chi connectivity index (χ1v) is 15.3. The van der Waals surface area contributed by atoms with Gasteiger partial charge in [-0.25, -0.2) is 8.42 Å². The second-order valence-electron chi connectivity index (χ2n) is 9.99. The normalized spacial score (nSPS) is 12.1. The van der Waals surface area contributed by atoms with E-state index in [4.69, 9.17) is 0 Å². The van der Waals surface area contributed by atoms with Crippen molar-refractivity contribution >= 4 is 43.5 Å². The Morgan fingerprint density at radius 1 is 0.439 bits per heavy atom. The third kappa shape index (κ3) is 4.69. The van der Waals surface area contributed by atoms with E-state index in [1.54, 1.807) is 12.1 Å². The van der Waals surface area contributed by atoms with Crippen LogP contribution in [0.2, 0.25) is 0 Å². The van der Waals surface area contributed by atoms with Gasteiger partial charge in [0, 0.05) is 11.1 Å². The van der Waals surface area contributed by atoms with Crippen molar-refractivity contribution in [1.29, 1.82) is 0 Å². The zero-order valence-corrected chi connectivity index (χ0v) is 23.9. The van der Waals surface area contributed by atoms with Gasteiger partial charge in [0.05, 0.1) is 9.79 Å². The molecule has 0 unspecified atom stereocenters. The van der Waals surface area contributed by atoms with Crippen molar-refractivity contribution < 1.29 is 8.42 Å². The second kappa shape index (κ2) is 11.0. The van der Waals surface area contributed by atoms with Crippen LogP contribution in [0.4, 0.5) is 0 Å². The fraction of sp³-hybridized carbons (Fsp3) is 0.0526. The van der Waals surface area contributed by atoms with Gasteiger partial charge in [-0.05, 0) is 69.8 Å². The third-order valence-corrected chi connectivity index (χ3v) is 9.41. The molecule has 0 saturated carbocycles. The van der Waals surface area contributed by atoms with E-state index < -0.39 is 9.84 Å². The molecule has 0 saturated heterocycles. The average Bonchev–Trinajstić information content (AvgIpc) is 3.01. The monoisotopic (exact) mass is 550 g/mol. The smallest absolute Gasteiger partial charge is 0.207 e. The number of hydrogen-bond donors (Lipinski definition) is 0. The topological polar surface area (TPSA) is 34.1 Å². The van der Waals surface area contributed by atoms with E-state index in [1.807, 2.05) is 98.8 Å². The number of rotatable bonds is 6. The maximum atomic E-state index is 14.7. The quantitative estimate of drug-likeness (QED) is 0.207. The number of allylic oxidation sites excluding steroid dienone is 2. The highest BCUT2D eigenvalue weighted by atomic mass is 32.2. The molecule has 2 nitrogen and oxygen atoms in total. The standard InChI is InChI=1S/C38H30O2S/c1-3-13-35-33(31-21-9-17-27-15-5-7-19-29(27)31)23-11-25-37(35)41(39,40)38-26-12-24-34(36(38)14-4-2)32-22-10-18-28-16-6-8-20-30(28)32/h3-26H,1-2H3. The summed E-state index contributed by atoms with van der Waals surface area (Å²) in [6.07, 6.45) is 7.63. The van der Waals surface area contributed by atoms with Crippen LogP contribution in [0.3, 0.4) is 0 Å². The molecule has 0 heterocycles. The minimum Gasteiger partial charge on any atom is -0.218 e. The molecule has 41 heavy (non-hydrogen) atoms. The van der Waals surface area contributed by atoms with Crippen molar-refractivity contribution in [3.8, 4) is 22.3 Å². The molecule has 0 aliphatic heterocycles. The van der Waals surface area contributed by atoms with Gasteiger partial charge in [-0.1, -0.05) is 133 Å². The fourth-order valence-electron chi connectivity index (χ4n) is 5.74. The lowest BCUT2D eigenvalue weighted by Crippen LogP contribution is -2.08. The predicted molar refractivity (Wildman–Crippen MR) is 174 cm³/mol. The molecule has 0 N–H and O–H groups in total. The van der Waals surface area contributed by atoms with Crippen LogP contribution in [0, 0.1) is 0 Å². The number of benzene rings is 6. The zero-order chi connectivity index (χ0) is 28.4. The van der Waals surface area contributed by atoms with Gasteiger partial charge in [-0.2, -0.15) is 0 Å². The van der Waals surface area contributed by atoms with Crippen molar-refractivity contribution in [1.82, 2.24) is 0 Å². The summed E-state index contributed by atoms with van der Waals surface area (Å²) in [5.74, 6) is 0. The van der Waals surface area contributed by atoms with Gasteiger partial charge in [0.1, 0.15) is 0 Å². The molecule has 0 aromatic heterocycles. The van der Waals surface area contributed by atoms with Crippen LogP contribution in [0.1, 0.15) is 25.0 Å². The molecule has 6 rings (SSSR count). The van der Waals surface area contributed by atoms with Crippen LogP contribution in [0.15, 0.2) is 143 Å². The molecular formula is C38H30O2S. The fourth-order valence-corrected chi connectivity index (χ4v) is 7.43. The average molecular weight is 551 g/mol. The molecule has 0 spiro atoms. The lowest BCUT2D eigenvalue weighted by molar-refractivity contribution is 0.596. The first kappa shape index (κ1) is 26.5. The van der Waals surface area contributed by atoms with E-state index >= 15 is 0 Å². The summed E-state index contributed by atoms with van der Waals surface area (Å²) in [6, 6.07) is 39.9. The molecule has 0 atom stereocenters. The van der Waals surface area contributed by atoms with E-state index in [-0.39, 0.29) is 0 Å². The number of sulfone groups is 1. The van der Waals surface area contributed by atoms with Crippen LogP contribution in [0.5, 0.6) is 0 Å². The molecule has 0 radical (unpaired) electrons. The Morgan fingerprint density at radius 3 is 1.24 bits per heavy atom. The summed E-state index contributed by atoms with van der Waals surface area (Å²) < 4.78 is 29.3. The van der Waals surface area contributed by atoms with Gasteiger partial charge >= 0.3 is 0 Å². The number of fused-ring (bicyclic) bond motifs is 2. The van der Waals surface area contributed by atoms with E-state index in [9.17, 15) is 8.42 Å². The first-order valence-electron chi connectivity index (χ1n) is 13.8. The van der Waals surface area contributed by atoms with Crippen LogP contribution in [-0.2, 0) is 9.84 Å². The Bertz CT molecular complexity index is 1930. The molecular weight excluding hydrogens is 520 g/mol. The highest BCUT2D eigenvalue weighted by Crippen LogP contribution is 2.40. The van der Waals surface area contributed by atoms with Gasteiger partial charge < -0.3 is 0 Å². The summed E-state index contributed by atoms with van der Waals surface area (Å²) in [7, 11) is -3.91. The van der Waals surface area contributed by atoms with Gasteiger partial charge in [0.15, 0.2) is 0 Å². The second-order valence-corrected chi connectivity index (χ2v) is 11.9. The van der Waals surface area contributed by atoms with Crippen LogP contribution in [-0.4, -0.2) is 8.42 Å². The molecule has 6 aromatic rings. The summed E-state index contributed by atoms with van der Waals surface area (Å²) in [5, 5.41) is 4.40. The van der Waals surface area contributed by atoms with Crippen molar-refractivity contribution in [3.05, 3.63) is 145 Å². The third-order valence-electron chi connectivity index (χ3n) is 7.54. The SMILES string of the molecule is CC=Cc1c(-c2cccc3ccccc23)cccc1S(=O)(=O)c1cccc(-c2cccc3ccccc23)c1C=CC. The molecule has 0 fully saturated rings. The molecule has 6 aromatic carbocycles. The molecule has 200 valence electrons. The minimum atomic E-state index is -3.91. The summed E-state index contributed by atoms with van der Waals surface area (Å²) in [5.41, 5.74) is 5.16. The van der Waals surface area contributed by atoms with E-state index in [2.05, 4.69) is 48.5 Å². The maximum Gasteiger partial charge on any atom is 0.207 e. The Labute approximate surface area is 241 Å². The largest absolute Gasteiger partial charge is 0.218 e. The Kier molecular flexibility index (Phi) is 7.13. The zero-order valence-electron chi connectivity index (χ0n) is 23.1. The van der Waals surface area contributed by atoms with E-state index in [0.29, 0.717) is 20.9 Å². The molecule has 0 bridgehead atoms. The molecule has 0 aliphatic carbocycles. The van der Waals surface area contributed by atoms with Gasteiger partial charge in [-0.3, -0.25) is 0 Å². The van der Waals surface area contributed by atoms with Gasteiger partial charge in [-0.15, -0.1) is 0 Å². The van der Waals surface area contributed by atoms with Crippen LogP contribution < -0.4 is 0 Å². The Morgan fingerprint density at radius 2 is 0.805 bits per heavy atom. The summed E-state index contributed by atoms with van der Waals surface area (Å²) in [6.45, 7) is 3.84. The van der Waals surface area contributed by atoms with Crippen molar-refractivity contribution in [2.24, 2.45) is 0 Å². The van der Waals surface area contributed by atoms with Crippen LogP contribution in [0.25, 0.3) is 56.0 Å².